The van der Waals surface area contributed by atoms with Gasteiger partial charge in [0, 0.05) is 24.9 Å². The third-order valence-electron chi connectivity index (χ3n) is 5.26. The highest BCUT2D eigenvalue weighted by atomic mass is 19.1. The number of rotatable bonds is 7. The summed E-state index contributed by atoms with van der Waals surface area (Å²) in [6.45, 7) is 9.52. The Bertz CT molecular complexity index is 1290. The molecule has 2 aromatic carbocycles. The van der Waals surface area contributed by atoms with Crippen LogP contribution in [0.15, 0.2) is 47.3 Å². The Morgan fingerprint density at radius 1 is 1.00 bits per heavy atom. The lowest BCUT2D eigenvalue weighted by atomic mass is 9.93. The number of ether oxygens (including phenoxy) is 1. The number of hydrogen-bond donors (Lipinski definition) is 3. The molecule has 0 aliphatic heterocycles. The molecule has 9 heteroatoms. The van der Waals surface area contributed by atoms with Crippen LogP contribution in [0.3, 0.4) is 0 Å². The maximum atomic E-state index is 14.5. The Hall–Kier alpha value is -3.75. The van der Waals surface area contributed by atoms with Crippen LogP contribution in [-0.4, -0.2) is 40.9 Å². The van der Waals surface area contributed by atoms with Gasteiger partial charge < -0.3 is 15.4 Å². The van der Waals surface area contributed by atoms with Gasteiger partial charge in [0.15, 0.2) is 0 Å². The first kappa shape index (κ1) is 25.9. The fourth-order valence-electron chi connectivity index (χ4n) is 3.46. The molecule has 2 amide bonds. The average Bonchev–Trinajstić information content (AvgIpc) is 2.78. The number of aromatic nitrogens is 2. The van der Waals surface area contributed by atoms with Crippen molar-refractivity contribution in [3.63, 3.8) is 0 Å². The molecule has 8 nitrogen and oxygen atoms in total. The van der Waals surface area contributed by atoms with E-state index in [0.29, 0.717) is 28.5 Å². The van der Waals surface area contributed by atoms with Crippen molar-refractivity contribution in [2.24, 2.45) is 5.41 Å². The van der Waals surface area contributed by atoms with E-state index < -0.39 is 28.8 Å². The molecule has 0 aliphatic carbocycles. The molecular weight excluding hydrogens is 451 g/mol. The van der Waals surface area contributed by atoms with Gasteiger partial charge in [-0.1, -0.05) is 38.1 Å². The zero-order valence-electron chi connectivity index (χ0n) is 20.6. The van der Waals surface area contributed by atoms with Crippen LogP contribution in [0.1, 0.15) is 56.2 Å². The van der Waals surface area contributed by atoms with Crippen LogP contribution >= 0.6 is 0 Å². The van der Waals surface area contributed by atoms with E-state index in [1.807, 2.05) is 19.9 Å². The predicted molar refractivity (Wildman–Crippen MR) is 132 cm³/mol. The summed E-state index contributed by atoms with van der Waals surface area (Å²) in [4.78, 5) is 36.7. The minimum absolute atomic E-state index is 0.0906. The molecule has 0 saturated heterocycles. The lowest BCUT2D eigenvalue weighted by molar-refractivity contribution is 0.0506. The minimum Gasteiger partial charge on any atom is -0.444 e. The van der Waals surface area contributed by atoms with Gasteiger partial charge in [0.2, 0.25) is 0 Å². The van der Waals surface area contributed by atoms with Crippen LogP contribution < -0.4 is 16.2 Å². The molecular formula is C26H31FN4O4. The van der Waals surface area contributed by atoms with Crippen molar-refractivity contribution in [1.29, 1.82) is 0 Å². The largest absolute Gasteiger partial charge is 0.444 e. The number of H-pyrrole nitrogens is 1. The molecule has 186 valence electrons. The number of alkyl carbamates (subject to hydrolysis) is 1. The Labute approximate surface area is 203 Å². The molecule has 3 N–H and O–H groups in total. The zero-order valence-corrected chi connectivity index (χ0v) is 20.6. The molecule has 0 radical (unpaired) electrons. The molecule has 3 aromatic rings. The first-order valence-corrected chi connectivity index (χ1v) is 11.3. The third kappa shape index (κ3) is 7.11. The number of aromatic amines is 1. The number of carbonyl (C=O) groups is 2. The lowest BCUT2D eigenvalue weighted by Gasteiger charge is -2.27. The first-order valence-electron chi connectivity index (χ1n) is 11.3. The standard InChI is InChI=1S/C26H31FN4O4/c1-25(2,3)35-24(34)29-15-26(4,5)14-28-22(32)19-12-16(10-11-20(19)27)13-21-17-8-6-7-9-18(17)23(33)31-30-21/h6-12H,13-15H2,1-5H3,(H,28,32)(H,29,34)(H,31,33). The molecule has 0 aliphatic rings. The van der Waals surface area contributed by atoms with E-state index in [2.05, 4.69) is 20.8 Å². The van der Waals surface area contributed by atoms with Crippen molar-refractivity contribution < 1.29 is 18.7 Å². The molecule has 0 unspecified atom stereocenters. The summed E-state index contributed by atoms with van der Waals surface area (Å²) in [6, 6.07) is 11.4. The summed E-state index contributed by atoms with van der Waals surface area (Å²) < 4.78 is 19.7. The summed E-state index contributed by atoms with van der Waals surface area (Å²) in [5.74, 6) is -1.20. The van der Waals surface area contributed by atoms with Crippen LogP contribution in [0.25, 0.3) is 10.8 Å². The second kappa shape index (κ2) is 10.2. The molecule has 0 atom stereocenters. The van der Waals surface area contributed by atoms with E-state index in [1.54, 1.807) is 45.0 Å². The second-order valence-electron chi connectivity index (χ2n) is 10.2. The number of nitrogens with one attached hydrogen (secondary N) is 3. The number of benzene rings is 2. The Morgan fingerprint density at radius 2 is 1.66 bits per heavy atom. The maximum Gasteiger partial charge on any atom is 0.407 e. The van der Waals surface area contributed by atoms with Crippen LogP contribution in [-0.2, 0) is 11.2 Å². The van der Waals surface area contributed by atoms with Crippen molar-refractivity contribution >= 4 is 22.8 Å². The molecule has 0 saturated carbocycles. The second-order valence-corrected chi connectivity index (χ2v) is 10.2. The van der Waals surface area contributed by atoms with Crippen LogP contribution in [0.5, 0.6) is 0 Å². The summed E-state index contributed by atoms with van der Waals surface area (Å²) in [7, 11) is 0. The van der Waals surface area contributed by atoms with Gasteiger partial charge in [0.25, 0.3) is 11.5 Å². The van der Waals surface area contributed by atoms with Crippen LogP contribution in [0.2, 0.25) is 0 Å². The average molecular weight is 483 g/mol. The summed E-state index contributed by atoms with van der Waals surface area (Å²) >= 11 is 0. The van der Waals surface area contributed by atoms with Gasteiger partial charge in [-0.15, -0.1) is 0 Å². The van der Waals surface area contributed by atoms with Gasteiger partial charge in [-0.05, 0) is 49.9 Å². The maximum absolute atomic E-state index is 14.5. The topological polar surface area (TPSA) is 113 Å². The highest BCUT2D eigenvalue weighted by Gasteiger charge is 2.23. The van der Waals surface area contributed by atoms with E-state index in [-0.39, 0.29) is 24.2 Å². The molecule has 35 heavy (non-hydrogen) atoms. The van der Waals surface area contributed by atoms with Crippen molar-refractivity contribution in [1.82, 2.24) is 20.8 Å². The van der Waals surface area contributed by atoms with E-state index in [4.69, 9.17) is 4.74 Å². The van der Waals surface area contributed by atoms with Crippen molar-refractivity contribution in [3.05, 3.63) is 75.5 Å². The summed E-state index contributed by atoms with van der Waals surface area (Å²) in [5.41, 5.74) is -0.194. The molecule has 0 bridgehead atoms. The quantitative estimate of drug-likeness (QED) is 0.472. The molecule has 1 aromatic heterocycles. The summed E-state index contributed by atoms with van der Waals surface area (Å²) in [6.07, 6.45) is -0.234. The molecule has 0 spiro atoms. The van der Waals surface area contributed by atoms with Gasteiger partial charge in [-0.2, -0.15) is 5.10 Å². The summed E-state index contributed by atoms with van der Waals surface area (Å²) in [5, 5.41) is 13.3. The predicted octanol–water partition coefficient (Wildman–Crippen LogP) is 3.93. The van der Waals surface area contributed by atoms with E-state index in [9.17, 15) is 18.8 Å². The van der Waals surface area contributed by atoms with Gasteiger partial charge in [0.05, 0.1) is 16.6 Å². The van der Waals surface area contributed by atoms with Crippen LogP contribution in [0, 0.1) is 11.2 Å². The number of halogens is 1. The van der Waals surface area contributed by atoms with Crippen molar-refractivity contribution in [3.8, 4) is 0 Å². The third-order valence-corrected chi connectivity index (χ3v) is 5.26. The zero-order chi connectivity index (χ0) is 25.8. The Kier molecular flexibility index (Phi) is 7.57. The molecule has 3 rings (SSSR count). The lowest BCUT2D eigenvalue weighted by Crippen LogP contribution is -2.43. The fourth-order valence-corrected chi connectivity index (χ4v) is 3.46. The van der Waals surface area contributed by atoms with Gasteiger partial charge in [0.1, 0.15) is 11.4 Å². The van der Waals surface area contributed by atoms with Crippen molar-refractivity contribution in [2.75, 3.05) is 13.1 Å². The SMILES string of the molecule is CC(C)(CNC(=O)OC(C)(C)C)CNC(=O)c1cc(Cc2n[nH]c(=O)c3ccccc23)ccc1F. The monoisotopic (exact) mass is 482 g/mol. The number of fused-ring (bicyclic) bond motifs is 1. The highest BCUT2D eigenvalue weighted by Crippen LogP contribution is 2.19. The number of carbonyl (C=O) groups excluding carboxylic acids is 2. The molecule has 0 fully saturated rings. The molecule has 1 heterocycles. The number of nitrogens with zero attached hydrogens (tertiary/aromatic N) is 1. The van der Waals surface area contributed by atoms with Crippen molar-refractivity contribution in [2.45, 2.75) is 46.6 Å². The normalized spacial score (nSPS) is 11.8. The Balaban J connectivity index is 1.68. The Morgan fingerprint density at radius 3 is 2.34 bits per heavy atom. The van der Waals surface area contributed by atoms with Crippen LogP contribution in [0.4, 0.5) is 9.18 Å². The fraction of sp³-hybridized carbons (Fsp3) is 0.385. The first-order chi connectivity index (χ1) is 16.3. The van der Waals surface area contributed by atoms with E-state index in [1.165, 1.54) is 12.1 Å². The van der Waals surface area contributed by atoms with Gasteiger partial charge in [-0.25, -0.2) is 14.3 Å². The number of hydrogen-bond acceptors (Lipinski definition) is 5. The van der Waals surface area contributed by atoms with E-state index in [0.717, 1.165) is 0 Å². The minimum atomic E-state index is -0.643. The highest BCUT2D eigenvalue weighted by molar-refractivity contribution is 5.94. The van der Waals surface area contributed by atoms with Gasteiger partial charge in [-0.3, -0.25) is 9.59 Å². The number of amides is 2. The van der Waals surface area contributed by atoms with Gasteiger partial charge >= 0.3 is 6.09 Å². The van der Waals surface area contributed by atoms with E-state index >= 15 is 0 Å². The smallest absolute Gasteiger partial charge is 0.407 e.